The summed E-state index contributed by atoms with van der Waals surface area (Å²) in [6.45, 7) is 0.898. The Morgan fingerprint density at radius 3 is 2.69 bits per heavy atom. The van der Waals surface area contributed by atoms with Crippen molar-refractivity contribution in [3.05, 3.63) is 0 Å². The predicted molar refractivity (Wildman–Crippen MR) is 62.6 cm³/mol. The van der Waals surface area contributed by atoms with Crippen molar-refractivity contribution >= 4 is 28.5 Å². The molecule has 0 saturated heterocycles. The number of hydrogen-bond donors (Lipinski definition) is 0. The van der Waals surface area contributed by atoms with E-state index in [1.54, 1.807) is 0 Å². The minimum atomic E-state index is 0.373. The van der Waals surface area contributed by atoms with Gasteiger partial charge in [0.2, 0.25) is 0 Å². The summed E-state index contributed by atoms with van der Waals surface area (Å²) in [5, 5.41) is 0. The molecule has 2 rings (SSSR count). The first-order chi connectivity index (χ1) is 6.40. The first-order valence-corrected chi connectivity index (χ1v) is 6.69. The Bertz CT molecular complexity index is 199. The fourth-order valence-corrected chi connectivity index (χ4v) is 2.55. The van der Waals surface area contributed by atoms with Crippen LogP contribution in [-0.2, 0) is 4.74 Å². The van der Waals surface area contributed by atoms with Gasteiger partial charge in [0.05, 0.1) is 6.54 Å². The Labute approximate surface area is 93.3 Å². The highest BCUT2D eigenvalue weighted by atomic mass is 127. The fraction of sp³-hybridized carbons (Fsp3) is 0.900. The molecule has 0 N–H and O–H groups in total. The van der Waals surface area contributed by atoms with Crippen molar-refractivity contribution in [2.24, 2.45) is 10.9 Å². The standard InChI is InChI=1S/C10H16INO/c11-6-9-7-12-10(13-9)8-4-2-1-3-5-8/h8-9H,1-7H2. The Morgan fingerprint density at radius 2 is 2.08 bits per heavy atom. The summed E-state index contributed by atoms with van der Waals surface area (Å²) in [6.07, 6.45) is 7.10. The molecule has 2 aliphatic rings. The van der Waals surface area contributed by atoms with Crippen LogP contribution in [0.1, 0.15) is 32.1 Å². The second kappa shape index (κ2) is 4.62. The Morgan fingerprint density at radius 1 is 1.31 bits per heavy atom. The van der Waals surface area contributed by atoms with E-state index in [9.17, 15) is 0 Å². The van der Waals surface area contributed by atoms with Crippen LogP contribution in [0.2, 0.25) is 0 Å². The number of alkyl halides is 1. The average molecular weight is 293 g/mol. The highest BCUT2D eigenvalue weighted by molar-refractivity contribution is 14.1. The van der Waals surface area contributed by atoms with Crippen LogP contribution in [0.15, 0.2) is 4.99 Å². The van der Waals surface area contributed by atoms with E-state index in [2.05, 4.69) is 27.6 Å². The second-order valence-electron chi connectivity index (χ2n) is 3.91. The molecule has 3 heteroatoms. The highest BCUT2D eigenvalue weighted by Gasteiger charge is 2.26. The Balaban J connectivity index is 1.87. The van der Waals surface area contributed by atoms with Crippen molar-refractivity contribution in [3.8, 4) is 0 Å². The largest absolute Gasteiger partial charge is 0.475 e. The van der Waals surface area contributed by atoms with Crippen LogP contribution in [0.5, 0.6) is 0 Å². The zero-order valence-corrected chi connectivity index (χ0v) is 10.00. The molecule has 1 saturated carbocycles. The van der Waals surface area contributed by atoms with Crippen molar-refractivity contribution in [2.45, 2.75) is 38.2 Å². The summed E-state index contributed by atoms with van der Waals surface area (Å²) in [6, 6.07) is 0. The van der Waals surface area contributed by atoms with Crippen molar-refractivity contribution in [2.75, 3.05) is 11.0 Å². The molecule has 0 spiro atoms. The summed E-state index contributed by atoms with van der Waals surface area (Å²) < 4.78 is 6.86. The van der Waals surface area contributed by atoms with E-state index in [-0.39, 0.29) is 0 Å². The molecule has 0 amide bonds. The van der Waals surface area contributed by atoms with Crippen LogP contribution >= 0.6 is 22.6 Å². The van der Waals surface area contributed by atoms with Gasteiger partial charge < -0.3 is 4.74 Å². The zero-order valence-electron chi connectivity index (χ0n) is 7.84. The quantitative estimate of drug-likeness (QED) is 0.567. The van der Waals surface area contributed by atoms with E-state index in [4.69, 9.17) is 4.74 Å². The van der Waals surface area contributed by atoms with Crippen LogP contribution in [0.4, 0.5) is 0 Å². The van der Waals surface area contributed by atoms with E-state index in [0.717, 1.165) is 16.9 Å². The van der Waals surface area contributed by atoms with Crippen LogP contribution < -0.4 is 0 Å². The molecule has 0 aromatic carbocycles. The minimum Gasteiger partial charge on any atom is -0.475 e. The molecule has 1 unspecified atom stereocenters. The van der Waals surface area contributed by atoms with Gasteiger partial charge in [-0.3, -0.25) is 4.99 Å². The second-order valence-corrected chi connectivity index (χ2v) is 4.79. The Hall–Kier alpha value is 0.200. The first kappa shape index (κ1) is 9.74. The van der Waals surface area contributed by atoms with Crippen LogP contribution in [0, 0.1) is 5.92 Å². The number of aliphatic imine (C=N–C) groups is 1. The lowest BCUT2D eigenvalue weighted by atomic mass is 9.89. The van der Waals surface area contributed by atoms with Gasteiger partial charge in [0.25, 0.3) is 0 Å². The summed E-state index contributed by atoms with van der Waals surface area (Å²) >= 11 is 2.37. The van der Waals surface area contributed by atoms with Crippen molar-refractivity contribution in [1.29, 1.82) is 0 Å². The van der Waals surface area contributed by atoms with Gasteiger partial charge >= 0.3 is 0 Å². The first-order valence-electron chi connectivity index (χ1n) is 5.17. The lowest BCUT2D eigenvalue weighted by Gasteiger charge is -2.21. The number of nitrogens with zero attached hydrogens (tertiary/aromatic N) is 1. The monoisotopic (exact) mass is 293 g/mol. The molecule has 1 heterocycles. The van der Waals surface area contributed by atoms with Gasteiger partial charge in [-0.25, -0.2) is 0 Å². The van der Waals surface area contributed by atoms with Gasteiger partial charge in [0.1, 0.15) is 6.10 Å². The van der Waals surface area contributed by atoms with Gasteiger partial charge in [-0.05, 0) is 12.8 Å². The molecule has 2 nitrogen and oxygen atoms in total. The van der Waals surface area contributed by atoms with E-state index >= 15 is 0 Å². The molecule has 1 aliphatic heterocycles. The Kier molecular flexibility index (Phi) is 3.46. The minimum absolute atomic E-state index is 0.373. The van der Waals surface area contributed by atoms with Gasteiger partial charge in [0.15, 0.2) is 5.90 Å². The van der Waals surface area contributed by atoms with Gasteiger partial charge in [-0.1, -0.05) is 41.9 Å². The number of rotatable bonds is 2. The maximum atomic E-state index is 5.79. The lowest BCUT2D eigenvalue weighted by Crippen LogP contribution is -2.21. The van der Waals surface area contributed by atoms with E-state index in [1.807, 2.05) is 0 Å². The average Bonchev–Trinajstić information content (AvgIpc) is 2.67. The molecule has 0 radical (unpaired) electrons. The van der Waals surface area contributed by atoms with E-state index in [0.29, 0.717) is 12.0 Å². The zero-order chi connectivity index (χ0) is 9.10. The third kappa shape index (κ3) is 2.36. The molecule has 0 bridgehead atoms. The summed E-state index contributed by atoms with van der Waals surface area (Å²) in [5.74, 6) is 1.73. The SMILES string of the molecule is ICC1CN=C(C2CCCCC2)O1. The van der Waals surface area contributed by atoms with Crippen LogP contribution in [0.25, 0.3) is 0 Å². The van der Waals surface area contributed by atoms with E-state index in [1.165, 1.54) is 32.1 Å². The van der Waals surface area contributed by atoms with E-state index < -0.39 is 0 Å². The molecule has 1 atom stereocenters. The topological polar surface area (TPSA) is 21.6 Å². The fourth-order valence-electron chi connectivity index (χ4n) is 2.09. The van der Waals surface area contributed by atoms with Crippen LogP contribution in [0.3, 0.4) is 0 Å². The van der Waals surface area contributed by atoms with Crippen LogP contribution in [-0.4, -0.2) is 23.0 Å². The van der Waals surface area contributed by atoms with Gasteiger partial charge in [0, 0.05) is 10.3 Å². The lowest BCUT2D eigenvalue weighted by molar-refractivity contribution is 0.227. The van der Waals surface area contributed by atoms with Gasteiger partial charge in [-0.15, -0.1) is 0 Å². The maximum Gasteiger partial charge on any atom is 0.186 e. The smallest absolute Gasteiger partial charge is 0.186 e. The van der Waals surface area contributed by atoms with Gasteiger partial charge in [-0.2, -0.15) is 0 Å². The number of halogens is 1. The number of hydrogen-bond acceptors (Lipinski definition) is 2. The molecule has 0 aromatic heterocycles. The van der Waals surface area contributed by atoms with Crippen molar-refractivity contribution in [3.63, 3.8) is 0 Å². The molecular formula is C10H16INO. The maximum absolute atomic E-state index is 5.79. The molecule has 13 heavy (non-hydrogen) atoms. The molecule has 1 fully saturated rings. The van der Waals surface area contributed by atoms with Crippen molar-refractivity contribution in [1.82, 2.24) is 0 Å². The third-order valence-corrected chi connectivity index (χ3v) is 3.85. The summed E-state index contributed by atoms with van der Waals surface area (Å²) in [7, 11) is 0. The predicted octanol–water partition coefficient (Wildman–Crippen LogP) is 2.80. The normalized spacial score (nSPS) is 29.9. The summed E-state index contributed by atoms with van der Waals surface area (Å²) in [4.78, 5) is 4.50. The number of ether oxygens (including phenoxy) is 1. The molecule has 0 aromatic rings. The molecule has 1 aliphatic carbocycles. The van der Waals surface area contributed by atoms with Crippen molar-refractivity contribution < 1.29 is 4.74 Å². The molecule has 74 valence electrons. The summed E-state index contributed by atoms with van der Waals surface area (Å²) in [5.41, 5.74) is 0. The molecular weight excluding hydrogens is 277 g/mol. The third-order valence-electron chi connectivity index (χ3n) is 2.86. The highest BCUT2D eigenvalue weighted by Crippen LogP contribution is 2.27.